The van der Waals surface area contributed by atoms with Gasteiger partial charge in [0.05, 0.1) is 25.7 Å². The van der Waals surface area contributed by atoms with E-state index in [9.17, 15) is 4.39 Å². The first kappa shape index (κ1) is 16.2. The molecule has 25 heavy (non-hydrogen) atoms. The molecule has 4 rings (SSSR count). The van der Waals surface area contributed by atoms with Gasteiger partial charge in [0.15, 0.2) is 5.75 Å². The van der Waals surface area contributed by atoms with Crippen molar-refractivity contribution in [3.05, 3.63) is 42.2 Å². The van der Waals surface area contributed by atoms with Gasteiger partial charge >= 0.3 is 0 Å². The number of hydrogen-bond donors (Lipinski definition) is 0. The third-order valence-corrected chi connectivity index (χ3v) is 5.34. The van der Waals surface area contributed by atoms with Crippen LogP contribution in [0, 0.1) is 11.7 Å². The van der Waals surface area contributed by atoms with E-state index in [2.05, 4.69) is 24.8 Å². The van der Waals surface area contributed by atoms with Crippen molar-refractivity contribution >= 4 is 5.95 Å². The quantitative estimate of drug-likeness (QED) is 0.848. The molecule has 0 aromatic carbocycles. The first-order valence-electron chi connectivity index (χ1n) is 8.68. The summed E-state index contributed by atoms with van der Waals surface area (Å²) in [5, 5.41) is 0. The van der Waals surface area contributed by atoms with Crippen LogP contribution in [0.1, 0.15) is 18.4 Å². The zero-order valence-corrected chi connectivity index (χ0v) is 14.3. The topological polar surface area (TPSA) is 54.4 Å². The first-order chi connectivity index (χ1) is 12.2. The predicted molar refractivity (Wildman–Crippen MR) is 91.9 cm³/mol. The molecule has 0 aliphatic carbocycles. The largest absolute Gasteiger partial charge is 0.494 e. The molecule has 0 N–H and O–H groups in total. The average Bonchev–Trinajstić information content (AvgIpc) is 3.06. The molecule has 2 aromatic heterocycles. The van der Waals surface area contributed by atoms with Crippen LogP contribution in [0.5, 0.6) is 5.75 Å². The lowest BCUT2D eigenvalue weighted by atomic mass is 9.92. The highest BCUT2D eigenvalue weighted by molar-refractivity contribution is 5.33. The lowest BCUT2D eigenvalue weighted by Crippen LogP contribution is -2.48. The number of ether oxygens (including phenoxy) is 1. The fraction of sp³-hybridized carbons (Fsp3) is 0.500. The van der Waals surface area contributed by atoms with E-state index in [1.807, 2.05) is 0 Å². The van der Waals surface area contributed by atoms with E-state index in [0.29, 0.717) is 29.8 Å². The van der Waals surface area contributed by atoms with Crippen LogP contribution in [0.15, 0.2) is 30.9 Å². The van der Waals surface area contributed by atoms with Crippen LogP contribution in [0.3, 0.4) is 0 Å². The minimum absolute atomic E-state index is 0.225. The maximum absolute atomic E-state index is 13.9. The third kappa shape index (κ3) is 3.28. The van der Waals surface area contributed by atoms with Crippen LogP contribution < -0.4 is 9.64 Å². The van der Waals surface area contributed by atoms with Crippen molar-refractivity contribution < 1.29 is 9.13 Å². The van der Waals surface area contributed by atoms with Gasteiger partial charge in [0.2, 0.25) is 5.95 Å². The standard InChI is InChI=1S/C18H22FN5O/c1-25-15-8-21-18(22-9-15)24-7-4-13-3-6-23(17(13)12-24)11-14-2-5-20-10-16(14)19/h2,5,8-10,13,17H,3-4,6-7,11-12H2,1H3. The molecule has 2 atom stereocenters. The zero-order chi connectivity index (χ0) is 17.2. The molecular formula is C18H22FN5O. The maximum Gasteiger partial charge on any atom is 0.225 e. The summed E-state index contributed by atoms with van der Waals surface area (Å²) in [6.07, 6.45) is 8.65. The first-order valence-corrected chi connectivity index (χ1v) is 8.68. The van der Waals surface area contributed by atoms with Crippen molar-refractivity contribution in [3.63, 3.8) is 0 Å². The Morgan fingerprint density at radius 3 is 2.76 bits per heavy atom. The van der Waals surface area contributed by atoms with E-state index in [-0.39, 0.29) is 5.82 Å². The SMILES string of the molecule is COc1cnc(N2CCC3CCN(Cc4ccncc4F)C3C2)nc1. The number of nitrogens with zero attached hydrogens (tertiary/aromatic N) is 5. The number of piperidine rings is 1. The van der Waals surface area contributed by atoms with Gasteiger partial charge in [-0.2, -0.15) is 0 Å². The van der Waals surface area contributed by atoms with Gasteiger partial charge in [-0.25, -0.2) is 14.4 Å². The summed E-state index contributed by atoms with van der Waals surface area (Å²) in [5.41, 5.74) is 0.716. The Kier molecular flexibility index (Phi) is 4.48. The molecule has 2 aliphatic heterocycles. The zero-order valence-electron chi connectivity index (χ0n) is 14.3. The molecule has 0 amide bonds. The number of anilines is 1. The summed E-state index contributed by atoms with van der Waals surface area (Å²) < 4.78 is 19.1. The molecular weight excluding hydrogens is 321 g/mol. The number of pyridine rings is 1. The van der Waals surface area contributed by atoms with Gasteiger partial charge in [0.1, 0.15) is 5.82 Å². The fourth-order valence-electron chi connectivity index (χ4n) is 3.94. The van der Waals surface area contributed by atoms with E-state index >= 15 is 0 Å². The number of aromatic nitrogens is 3. The highest BCUT2D eigenvalue weighted by Crippen LogP contribution is 2.34. The Labute approximate surface area is 146 Å². The summed E-state index contributed by atoms with van der Waals surface area (Å²) in [6.45, 7) is 3.48. The monoisotopic (exact) mass is 343 g/mol. The molecule has 132 valence electrons. The van der Waals surface area contributed by atoms with Crippen molar-refractivity contribution in [3.8, 4) is 5.75 Å². The van der Waals surface area contributed by atoms with E-state index in [4.69, 9.17) is 4.74 Å². The Bertz CT molecular complexity index is 726. The lowest BCUT2D eigenvalue weighted by molar-refractivity contribution is 0.198. The normalized spacial score (nSPS) is 23.5. The van der Waals surface area contributed by atoms with Gasteiger partial charge in [-0.15, -0.1) is 0 Å². The van der Waals surface area contributed by atoms with Gasteiger partial charge in [-0.05, 0) is 31.4 Å². The summed E-state index contributed by atoms with van der Waals surface area (Å²) in [7, 11) is 1.61. The molecule has 0 bridgehead atoms. The van der Waals surface area contributed by atoms with Crippen molar-refractivity contribution in [2.24, 2.45) is 5.92 Å². The Balaban J connectivity index is 1.47. The number of halogens is 1. The van der Waals surface area contributed by atoms with Crippen molar-refractivity contribution in [1.29, 1.82) is 0 Å². The van der Waals surface area contributed by atoms with Crippen LogP contribution in [0.2, 0.25) is 0 Å². The summed E-state index contributed by atoms with van der Waals surface area (Å²) in [6, 6.07) is 2.18. The molecule has 2 saturated heterocycles. The average molecular weight is 343 g/mol. The molecule has 2 aliphatic rings. The molecule has 2 fully saturated rings. The number of likely N-dealkylation sites (tertiary alicyclic amines) is 1. The van der Waals surface area contributed by atoms with Gasteiger partial charge in [-0.1, -0.05) is 0 Å². The van der Waals surface area contributed by atoms with Crippen molar-refractivity contribution in [2.45, 2.75) is 25.4 Å². The van der Waals surface area contributed by atoms with Crippen LogP contribution >= 0.6 is 0 Å². The van der Waals surface area contributed by atoms with Gasteiger partial charge in [-0.3, -0.25) is 9.88 Å². The van der Waals surface area contributed by atoms with Crippen LogP contribution in [0.25, 0.3) is 0 Å². The molecule has 0 radical (unpaired) electrons. The number of fused-ring (bicyclic) bond motifs is 1. The van der Waals surface area contributed by atoms with E-state index in [1.165, 1.54) is 12.6 Å². The van der Waals surface area contributed by atoms with E-state index in [0.717, 1.165) is 32.0 Å². The predicted octanol–water partition coefficient (Wildman–Crippen LogP) is 2.12. The summed E-state index contributed by atoms with van der Waals surface area (Å²) in [4.78, 5) is 17.3. The highest BCUT2D eigenvalue weighted by Gasteiger charge is 2.39. The van der Waals surface area contributed by atoms with Gasteiger partial charge in [0.25, 0.3) is 0 Å². The van der Waals surface area contributed by atoms with Crippen molar-refractivity contribution in [1.82, 2.24) is 19.9 Å². The Hall–Kier alpha value is -2.28. The van der Waals surface area contributed by atoms with Gasteiger partial charge < -0.3 is 9.64 Å². The summed E-state index contributed by atoms with van der Waals surface area (Å²) in [5.74, 6) is 1.84. The van der Waals surface area contributed by atoms with Crippen LogP contribution in [-0.2, 0) is 6.54 Å². The summed E-state index contributed by atoms with van der Waals surface area (Å²) >= 11 is 0. The second-order valence-corrected chi connectivity index (χ2v) is 6.71. The van der Waals surface area contributed by atoms with Crippen LogP contribution in [0.4, 0.5) is 10.3 Å². The maximum atomic E-state index is 13.9. The second kappa shape index (κ2) is 6.92. The molecule has 7 heteroatoms. The number of methoxy groups -OCH3 is 1. The van der Waals surface area contributed by atoms with Crippen molar-refractivity contribution in [2.75, 3.05) is 31.6 Å². The number of hydrogen-bond acceptors (Lipinski definition) is 6. The second-order valence-electron chi connectivity index (χ2n) is 6.71. The van der Waals surface area contributed by atoms with Gasteiger partial charge in [0, 0.05) is 37.4 Å². The van der Waals surface area contributed by atoms with E-state index in [1.54, 1.807) is 31.8 Å². The smallest absolute Gasteiger partial charge is 0.225 e. The van der Waals surface area contributed by atoms with Crippen LogP contribution in [-0.4, -0.2) is 52.6 Å². The third-order valence-electron chi connectivity index (χ3n) is 5.34. The Morgan fingerprint density at radius 1 is 1.20 bits per heavy atom. The molecule has 0 spiro atoms. The molecule has 0 saturated carbocycles. The molecule has 2 aromatic rings. The minimum Gasteiger partial charge on any atom is -0.494 e. The fourth-order valence-corrected chi connectivity index (χ4v) is 3.94. The number of rotatable bonds is 4. The minimum atomic E-state index is -0.225. The highest BCUT2D eigenvalue weighted by atomic mass is 19.1. The lowest BCUT2D eigenvalue weighted by Gasteiger charge is -2.38. The Morgan fingerprint density at radius 2 is 2.00 bits per heavy atom. The van der Waals surface area contributed by atoms with E-state index < -0.39 is 0 Å². The molecule has 2 unspecified atom stereocenters. The molecule has 4 heterocycles. The molecule has 6 nitrogen and oxygen atoms in total.